The second kappa shape index (κ2) is 9.07. The Hall–Kier alpha value is -1.89. The van der Waals surface area contributed by atoms with Gasteiger partial charge in [-0.25, -0.2) is 0 Å². The van der Waals surface area contributed by atoms with Crippen LogP contribution in [0.4, 0.5) is 5.69 Å². The van der Waals surface area contributed by atoms with Gasteiger partial charge in [-0.15, -0.1) is 12.4 Å². The Morgan fingerprint density at radius 2 is 1.96 bits per heavy atom. The smallest absolute Gasteiger partial charge is 0.240 e. The number of hydrogen-bond acceptors (Lipinski definition) is 3. The highest BCUT2D eigenvalue weighted by atomic mass is 79.9. The molecule has 2 aromatic carbocycles. The number of carbonyl (C=O) groups is 2. The van der Waals surface area contributed by atoms with Crippen molar-refractivity contribution < 1.29 is 9.59 Å². The summed E-state index contributed by atoms with van der Waals surface area (Å²) in [5.74, 6) is 0.0113. The van der Waals surface area contributed by atoms with E-state index in [1.165, 1.54) is 5.56 Å². The van der Waals surface area contributed by atoms with Crippen molar-refractivity contribution in [1.82, 2.24) is 10.2 Å². The van der Waals surface area contributed by atoms with E-state index in [4.69, 9.17) is 0 Å². The van der Waals surface area contributed by atoms with Crippen molar-refractivity contribution in [2.24, 2.45) is 0 Å². The SMILES string of the molecule is Cl.O=C1C(CC(=O)N2CCc3ccccc32)NCCN1Cc1cccc(Br)c1. The zero-order chi connectivity index (χ0) is 18.8. The highest BCUT2D eigenvalue weighted by molar-refractivity contribution is 9.10. The molecule has 1 unspecified atom stereocenters. The van der Waals surface area contributed by atoms with Crippen molar-refractivity contribution in [2.45, 2.75) is 25.4 Å². The fourth-order valence-corrected chi connectivity index (χ4v) is 4.29. The molecule has 2 aliphatic heterocycles. The zero-order valence-electron chi connectivity index (χ0n) is 15.4. The minimum Gasteiger partial charge on any atom is -0.336 e. The predicted molar refractivity (Wildman–Crippen MR) is 116 cm³/mol. The molecular weight excluding hydrogens is 442 g/mol. The number of benzene rings is 2. The van der Waals surface area contributed by atoms with Crippen LogP contribution in [0.15, 0.2) is 53.0 Å². The van der Waals surface area contributed by atoms with Gasteiger partial charge in [-0.05, 0) is 35.7 Å². The third-order valence-electron chi connectivity index (χ3n) is 5.21. The van der Waals surface area contributed by atoms with Crippen molar-refractivity contribution in [3.05, 3.63) is 64.1 Å². The van der Waals surface area contributed by atoms with Crippen LogP contribution in [-0.2, 0) is 22.6 Å². The van der Waals surface area contributed by atoms with Crippen LogP contribution < -0.4 is 10.2 Å². The van der Waals surface area contributed by atoms with Crippen LogP contribution in [0.2, 0.25) is 0 Å². The molecule has 2 aromatic rings. The van der Waals surface area contributed by atoms with Gasteiger partial charge in [0.1, 0.15) is 0 Å². The molecule has 2 heterocycles. The number of para-hydroxylation sites is 1. The Kier molecular flexibility index (Phi) is 6.75. The van der Waals surface area contributed by atoms with Crippen molar-refractivity contribution in [1.29, 1.82) is 0 Å². The molecular formula is C21H23BrClN3O2. The number of hydrogen-bond donors (Lipinski definition) is 1. The number of piperazine rings is 1. The zero-order valence-corrected chi connectivity index (χ0v) is 17.8. The normalized spacial score (nSPS) is 18.6. The highest BCUT2D eigenvalue weighted by Crippen LogP contribution is 2.28. The molecule has 1 N–H and O–H groups in total. The van der Waals surface area contributed by atoms with E-state index in [1.54, 1.807) is 0 Å². The lowest BCUT2D eigenvalue weighted by Crippen LogP contribution is -2.56. The number of anilines is 1. The van der Waals surface area contributed by atoms with Crippen molar-refractivity contribution >= 4 is 45.8 Å². The fourth-order valence-electron chi connectivity index (χ4n) is 3.85. The number of nitrogens with zero attached hydrogens (tertiary/aromatic N) is 2. The van der Waals surface area contributed by atoms with E-state index >= 15 is 0 Å². The summed E-state index contributed by atoms with van der Waals surface area (Å²) in [7, 11) is 0. The first-order chi connectivity index (χ1) is 13.1. The lowest BCUT2D eigenvalue weighted by molar-refractivity contribution is -0.138. The molecule has 7 heteroatoms. The summed E-state index contributed by atoms with van der Waals surface area (Å²) in [6.07, 6.45) is 1.07. The molecule has 1 saturated heterocycles. The van der Waals surface area contributed by atoms with E-state index in [0.29, 0.717) is 26.2 Å². The lowest BCUT2D eigenvalue weighted by atomic mass is 10.1. The van der Waals surface area contributed by atoms with E-state index < -0.39 is 6.04 Å². The van der Waals surface area contributed by atoms with Gasteiger partial charge in [0.05, 0.1) is 12.5 Å². The summed E-state index contributed by atoms with van der Waals surface area (Å²) in [5.41, 5.74) is 3.26. The predicted octanol–water partition coefficient (Wildman–Crippen LogP) is 3.15. The van der Waals surface area contributed by atoms with E-state index in [9.17, 15) is 9.59 Å². The summed E-state index contributed by atoms with van der Waals surface area (Å²) >= 11 is 3.47. The second-order valence-electron chi connectivity index (χ2n) is 7.02. The van der Waals surface area contributed by atoms with Gasteiger partial charge >= 0.3 is 0 Å². The van der Waals surface area contributed by atoms with Gasteiger partial charge in [0.2, 0.25) is 11.8 Å². The summed E-state index contributed by atoms with van der Waals surface area (Å²) < 4.78 is 1.00. The van der Waals surface area contributed by atoms with Crippen molar-refractivity contribution in [3.63, 3.8) is 0 Å². The molecule has 2 amide bonds. The minimum absolute atomic E-state index is 0. The van der Waals surface area contributed by atoms with Crippen LogP contribution in [0.25, 0.3) is 0 Å². The molecule has 0 spiro atoms. The third kappa shape index (κ3) is 4.40. The molecule has 0 bridgehead atoms. The first-order valence-electron chi connectivity index (χ1n) is 9.27. The van der Waals surface area contributed by atoms with Crippen LogP contribution in [0.3, 0.4) is 0 Å². The summed E-state index contributed by atoms with van der Waals surface area (Å²) in [4.78, 5) is 29.4. The lowest BCUT2D eigenvalue weighted by Gasteiger charge is -2.33. The topological polar surface area (TPSA) is 52.7 Å². The molecule has 1 fully saturated rings. The van der Waals surface area contributed by atoms with Gasteiger partial charge in [0.15, 0.2) is 0 Å². The molecule has 0 aromatic heterocycles. The minimum atomic E-state index is -0.453. The first kappa shape index (κ1) is 20.8. The van der Waals surface area contributed by atoms with Gasteiger partial charge in [0.25, 0.3) is 0 Å². The molecule has 0 aliphatic carbocycles. The first-order valence-corrected chi connectivity index (χ1v) is 10.1. The average molecular weight is 465 g/mol. The van der Waals surface area contributed by atoms with Gasteiger partial charge in [-0.1, -0.05) is 46.3 Å². The Morgan fingerprint density at radius 3 is 2.79 bits per heavy atom. The van der Waals surface area contributed by atoms with Crippen LogP contribution in [-0.4, -0.2) is 42.4 Å². The Morgan fingerprint density at radius 1 is 1.14 bits per heavy atom. The number of halogens is 2. The number of rotatable bonds is 4. The fraction of sp³-hybridized carbons (Fsp3) is 0.333. The number of nitrogens with one attached hydrogen (secondary N) is 1. The van der Waals surface area contributed by atoms with Gasteiger partial charge in [-0.2, -0.15) is 0 Å². The van der Waals surface area contributed by atoms with E-state index in [2.05, 4.69) is 27.3 Å². The maximum Gasteiger partial charge on any atom is 0.240 e. The van der Waals surface area contributed by atoms with Gasteiger partial charge < -0.3 is 15.1 Å². The van der Waals surface area contributed by atoms with E-state index in [-0.39, 0.29) is 30.6 Å². The number of fused-ring (bicyclic) bond motifs is 1. The summed E-state index contributed by atoms with van der Waals surface area (Å²) in [6, 6.07) is 15.5. The maximum absolute atomic E-state index is 12.9. The van der Waals surface area contributed by atoms with Crippen LogP contribution >= 0.6 is 28.3 Å². The molecule has 0 saturated carbocycles. The van der Waals surface area contributed by atoms with Crippen LogP contribution in [0, 0.1) is 0 Å². The van der Waals surface area contributed by atoms with Crippen molar-refractivity contribution in [3.8, 4) is 0 Å². The van der Waals surface area contributed by atoms with E-state index in [1.807, 2.05) is 52.3 Å². The molecule has 5 nitrogen and oxygen atoms in total. The molecule has 28 heavy (non-hydrogen) atoms. The number of carbonyl (C=O) groups excluding carboxylic acids is 2. The number of amides is 2. The highest BCUT2D eigenvalue weighted by Gasteiger charge is 2.33. The van der Waals surface area contributed by atoms with Crippen molar-refractivity contribution in [2.75, 3.05) is 24.5 Å². The molecule has 148 valence electrons. The Bertz CT molecular complexity index is 876. The third-order valence-corrected chi connectivity index (χ3v) is 5.70. The second-order valence-corrected chi connectivity index (χ2v) is 7.94. The van der Waals surface area contributed by atoms with Gasteiger partial charge in [-0.3, -0.25) is 9.59 Å². The maximum atomic E-state index is 12.9. The largest absolute Gasteiger partial charge is 0.336 e. The Balaban J connectivity index is 0.00000225. The summed E-state index contributed by atoms with van der Waals surface area (Å²) in [5, 5.41) is 3.23. The van der Waals surface area contributed by atoms with Crippen LogP contribution in [0.5, 0.6) is 0 Å². The molecule has 0 radical (unpaired) electrons. The van der Waals surface area contributed by atoms with Crippen LogP contribution in [0.1, 0.15) is 17.5 Å². The molecule has 2 aliphatic rings. The quantitative estimate of drug-likeness (QED) is 0.756. The standard InChI is InChI=1S/C21H22BrN3O2.ClH/c22-17-6-3-4-15(12-17)14-24-11-9-23-18(21(24)27)13-20(26)25-10-8-16-5-1-2-7-19(16)25;/h1-7,12,18,23H,8-11,13-14H2;1H. The van der Waals surface area contributed by atoms with Gasteiger partial charge in [0, 0.05) is 36.3 Å². The van der Waals surface area contributed by atoms with E-state index in [0.717, 1.165) is 22.1 Å². The summed E-state index contributed by atoms with van der Waals surface area (Å²) in [6.45, 7) is 2.62. The molecule has 1 atom stereocenters. The molecule has 4 rings (SSSR count). The average Bonchev–Trinajstić information content (AvgIpc) is 3.09. The monoisotopic (exact) mass is 463 g/mol. The Labute approximate surface area is 179 Å².